The molecule has 2 aliphatic carbocycles. The molecule has 1 amide bonds. The lowest BCUT2D eigenvalue weighted by atomic mass is 9.94. The predicted octanol–water partition coefficient (Wildman–Crippen LogP) is 2.53. The van der Waals surface area contributed by atoms with Gasteiger partial charge in [-0.1, -0.05) is 5.16 Å². The topological polar surface area (TPSA) is 59.2 Å². The Hall–Kier alpha value is -1.39. The number of likely N-dealkylation sites (tertiary alicyclic amines) is 1. The number of carbonyl (C=O) groups excluding carboxylic acids is 1. The third-order valence-electron chi connectivity index (χ3n) is 4.92. The molecule has 2 heterocycles. The molecular weight excluding hydrogens is 266 g/mol. The number of nitrogens with zero attached hydrogens (tertiary/aromatic N) is 3. The second-order valence-electron chi connectivity index (χ2n) is 7.02. The number of carbonyl (C=O) groups is 1. The van der Waals surface area contributed by atoms with Gasteiger partial charge < -0.3 is 9.42 Å². The van der Waals surface area contributed by atoms with E-state index in [0.29, 0.717) is 23.7 Å². The van der Waals surface area contributed by atoms with Gasteiger partial charge in [-0.3, -0.25) is 4.79 Å². The van der Waals surface area contributed by atoms with E-state index in [1.807, 2.05) is 0 Å². The minimum atomic E-state index is 0.353. The van der Waals surface area contributed by atoms with Crippen molar-refractivity contribution in [3.8, 4) is 0 Å². The molecule has 1 atom stereocenters. The van der Waals surface area contributed by atoms with Crippen LogP contribution < -0.4 is 0 Å². The van der Waals surface area contributed by atoms with E-state index in [2.05, 4.69) is 15.0 Å². The van der Waals surface area contributed by atoms with Gasteiger partial charge in [0, 0.05) is 31.8 Å². The van der Waals surface area contributed by atoms with Crippen molar-refractivity contribution >= 4 is 5.91 Å². The van der Waals surface area contributed by atoms with E-state index in [1.165, 1.54) is 25.7 Å². The summed E-state index contributed by atoms with van der Waals surface area (Å²) in [5.41, 5.74) is 0. The monoisotopic (exact) mass is 289 g/mol. The highest BCUT2D eigenvalue weighted by Crippen LogP contribution is 2.38. The van der Waals surface area contributed by atoms with Crippen molar-refractivity contribution in [1.82, 2.24) is 15.0 Å². The van der Waals surface area contributed by atoms with Crippen molar-refractivity contribution in [3.63, 3.8) is 0 Å². The smallest absolute Gasteiger partial charge is 0.226 e. The number of piperidine rings is 1. The summed E-state index contributed by atoms with van der Waals surface area (Å²) in [4.78, 5) is 18.8. The average Bonchev–Trinajstić information content (AvgIpc) is 3.41. The molecule has 0 bridgehead atoms. The quantitative estimate of drug-likeness (QED) is 0.835. The van der Waals surface area contributed by atoms with Crippen LogP contribution in [0.3, 0.4) is 0 Å². The molecule has 1 aliphatic heterocycles. The summed E-state index contributed by atoms with van der Waals surface area (Å²) in [6.07, 6.45) is 8.74. The van der Waals surface area contributed by atoms with E-state index in [0.717, 1.165) is 50.5 Å². The van der Waals surface area contributed by atoms with Crippen molar-refractivity contribution < 1.29 is 9.32 Å². The molecule has 0 N–H and O–H groups in total. The molecule has 0 aromatic carbocycles. The fourth-order valence-electron chi connectivity index (χ4n) is 3.26. The lowest BCUT2D eigenvalue weighted by Crippen LogP contribution is -2.40. The molecule has 1 saturated heterocycles. The minimum Gasteiger partial charge on any atom is -0.342 e. The summed E-state index contributed by atoms with van der Waals surface area (Å²) in [6, 6.07) is 0. The molecule has 4 rings (SSSR count). The lowest BCUT2D eigenvalue weighted by molar-refractivity contribution is -0.133. The van der Waals surface area contributed by atoms with Crippen LogP contribution in [-0.4, -0.2) is 34.0 Å². The first kappa shape index (κ1) is 13.3. The van der Waals surface area contributed by atoms with Crippen LogP contribution in [0.1, 0.15) is 62.6 Å². The molecule has 1 aromatic rings. The molecule has 0 spiro atoms. The molecule has 114 valence electrons. The molecule has 5 heteroatoms. The Morgan fingerprint density at radius 3 is 2.81 bits per heavy atom. The number of amides is 1. The summed E-state index contributed by atoms with van der Waals surface area (Å²) in [5, 5.41) is 4.08. The van der Waals surface area contributed by atoms with E-state index in [1.54, 1.807) is 0 Å². The Morgan fingerprint density at radius 2 is 2.05 bits per heavy atom. The molecule has 0 radical (unpaired) electrons. The predicted molar refractivity (Wildman–Crippen MR) is 76.6 cm³/mol. The maximum Gasteiger partial charge on any atom is 0.226 e. The van der Waals surface area contributed by atoms with Crippen LogP contribution in [0, 0.1) is 11.8 Å². The molecule has 21 heavy (non-hydrogen) atoms. The zero-order valence-electron chi connectivity index (χ0n) is 12.5. The van der Waals surface area contributed by atoms with E-state index in [4.69, 9.17) is 4.52 Å². The average molecular weight is 289 g/mol. The molecule has 3 aliphatic rings. The van der Waals surface area contributed by atoms with Gasteiger partial charge in [-0.05, 0) is 50.4 Å². The van der Waals surface area contributed by atoms with Crippen LogP contribution in [0.25, 0.3) is 0 Å². The molecule has 1 unspecified atom stereocenters. The summed E-state index contributed by atoms with van der Waals surface area (Å²) in [6.45, 7) is 1.80. The third-order valence-corrected chi connectivity index (χ3v) is 4.92. The zero-order valence-corrected chi connectivity index (χ0v) is 12.5. The van der Waals surface area contributed by atoms with Crippen LogP contribution in [0.2, 0.25) is 0 Å². The van der Waals surface area contributed by atoms with Gasteiger partial charge in [0.2, 0.25) is 11.8 Å². The van der Waals surface area contributed by atoms with Gasteiger partial charge in [0.1, 0.15) is 0 Å². The first-order chi connectivity index (χ1) is 10.3. The van der Waals surface area contributed by atoms with Gasteiger partial charge in [-0.15, -0.1) is 0 Å². The van der Waals surface area contributed by atoms with E-state index in [-0.39, 0.29) is 0 Å². The first-order valence-electron chi connectivity index (χ1n) is 8.38. The van der Waals surface area contributed by atoms with Crippen LogP contribution in [0.4, 0.5) is 0 Å². The van der Waals surface area contributed by atoms with Gasteiger partial charge >= 0.3 is 0 Å². The van der Waals surface area contributed by atoms with Crippen molar-refractivity contribution in [2.24, 2.45) is 11.8 Å². The maximum absolute atomic E-state index is 12.2. The van der Waals surface area contributed by atoms with E-state index in [9.17, 15) is 4.79 Å². The number of aromatic nitrogens is 2. The number of rotatable bonds is 5. The molecular formula is C16H23N3O2. The van der Waals surface area contributed by atoms with Crippen LogP contribution in [-0.2, 0) is 11.2 Å². The molecule has 1 aromatic heterocycles. The molecule has 2 saturated carbocycles. The largest absolute Gasteiger partial charge is 0.342 e. The van der Waals surface area contributed by atoms with Gasteiger partial charge in [0.25, 0.3) is 0 Å². The van der Waals surface area contributed by atoms with Crippen molar-refractivity contribution in [1.29, 1.82) is 0 Å². The highest BCUT2D eigenvalue weighted by atomic mass is 16.5. The Bertz CT molecular complexity index is 519. The normalized spacial score (nSPS) is 26.1. The van der Waals surface area contributed by atoms with E-state index >= 15 is 0 Å². The van der Waals surface area contributed by atoms with Gasteiger partial charge in [-0.25, -0.2) is 0 Å². The van der Waals surface area contributed by atoms with Crippen molar-refractivity contribution in [2.75, 3.05) is 13.1 Å². The van der Waals surface area contributed by atoms with Crippen molar-refractivity contribution in [3.05, 3.63) is 11.7 Å². The summed E-state index contributed by atoms with van der Waals surface area (Å²) in [5.74, 6) is 3.71. The minimum absolute atomic E-state index is 0.353. The Kier molecular flexibility index (Phi) is 3.43. The second kappa shape index (κ2) is 5.43. The standard InChI is InChI=1S/C16H23N3O2/c20-15(9-11-3-4-11)19-7-1-2-12(10-19)8-14-17-16(18-21-14)13-5-6-13/h11-13H,1-10H2. The van der Waals surface area contributed by atoms with Crippen LogP contribution in [0.5, 0.6) is 0 Å². The summed E-state index contributed by atoms with van der Waals surface area (Å²) in [7, 11) is 0. The van der Waals surface area contributed by atoms with Crippen LogP contribution >= 0.6 is 0 Å². The Balaban J connectivity index is 1.32. The summed E-state index contributed by atoms with van der Waals surface area (Å²) < 4.78 is 5.37. The van der Waals surface area contributed by atoms with E-state index < -0.39 is 0 Å². The fraction of sp³-hybridized carbons (Fsp3) is 0.812. The fourth-order valence-corrected chi connectivity index (χ4v) is 3.26. The van der Waals surface area contributed by atoms with Gasteiger partial charge in [0.05, 0.1) is 0 Å². The van der Waals surface area contributed by atoms with Gasteiger partial charge in [-0.2, -0.15) is 4.98 Å². The van der Waals surface area contributed by atoms with Crippen LogP contribution in [0.15, 0.2) is 4.52 Å². The highest BCUT2D eigenvalue weighted by molar-refractivity contribution is 5.76. The van der Waals surface area contributed by atoms with Crippen molar-refractivity contribution in [2.45, 2.75) is 57.3 Å². The lowest BCUT2D eigenvalue weighted by Gasteiger charge is -2.32. The number of hydrogen-bond donors (Lipinski definition) is 0. The molecule has 5 nitrogen and oxygen atoms in total. The number of hydrogen-bond acceptors (Lipinski definition) is 4. The Morgan fingerprint density at radius 1 is 1.19 bits per heavy atom. The van der Waals surface area contributed by atoms with Gasteiger partial charge in [0.15, 0.2) is 5.82 Å². The maximum atomic E-state index is 12.2. The molecule has 3 fully saturated rings. The zero-order chi connectivity index (χ0) is 14.2. The Labute approximate surface area is 125 Å². The third kappa shape index (κ3) is 3.27. The SMILES string of the molecule is O=C(CC1CC1)N1CCCC(Cc2nc(C3CC3)no2)C1. The first-order valence-corrected chi connectivity index (χ1v) is 8.38. The highest BCUT2D eigenvalue weighted by Gasteiger charge is 2.31. The summed E-state index contributed by atoms with van der Waals surface area (Å²) >= 11 is 0. The second-order valence-corrected chi connectivity index (χ2v) is 7.02.